The molecule has 2 aromatic heterocycles. The molecule has 8 nitrogen and oxygen atoms in total. The van der Waals surface area contributed by atoms with Crippen LogP contribution < -0.4 is 0 Å². The summed E-state index contributed by atoms with van der Waals surface area (Å²) in [7, 11) is 0. The van der Waals surface area contributed by atoms with Crippen LogP contribution >= 0.6 is 0 Å². The van der Waals surface area contributed by atoms with Crippen molar-refractivity contribution < 1.29 is 9.53 Å². The van der Waals surface area contributed by atoms with Gasteiger partial charge in [-0.15, -0.1) is 0 Å². The van der Waals surface area contributed by atoms with Crippen LogP contribution in [0.2, 0.25) is 0 Å². The molecule has 0 atom stereocenters. The normalized spacial score (nSPS) is 17.8. The van der Waals surface area contributed by atoms with Gasteiger partial charge in [-0.05, 0) is 43.4 Å². The van der Waals surface area contributed by atoms with Crippen LogP contribution in [-0.2, 0) is 28.1 Å². The van der Waals surface area contributed by atoms with Gasteiger partial charge in [0.1, 0.15) is 18.3 Å². The Balaban J connectivity index is 1.24. The Bertz CT molecular complexity index is 990. The Hall–Kier alpha value is -3.00. The number of nitrogens with zero attached hydrogens (tertiary/aromatic N) is 6. The molecule has 4 heterocycles. The number of fused-ring (bicyclic) bond motifs is 2. The molecule has 1 spiro atoms. The molecule has 0 N–H and O–H groups in total. The number of carbonyl (C=O) groups excluding carboxylic acids is 1. The standard InChI is InChI=1S/C22H26N6O2/c29-20(7-4-11-27-17-23-16-24-27)26-12-9-22(10-13-26)21-18(8-14-30-22)15-28(25-21)19-5-2-1-3-6-19/h1-3,5-6,15-17H,4,7-14H2. The molecule has 0 unspecified atom stereocenters. The summed E-state index contributed by atoms with van der Waals surface area (Å²) >= 11 is 0. The first kappa shape index (κ1) is 19.0. The Morgan fingerprint density at radius 3 is 2.77 bits per heavy atom. The van der Waals surface area contributed by atoms with Crippen LogP contribution in [0.15, 0.2) is 49.2 Å². The van der Waals surface area contributed by atoms with Gasteiger partial charge in [0, 0.05) is 32.3 Å². The number of para-hydroxylation sites is 1. The van der Waals surface area contributed by atoms with E-state index >= 15 is 0 Å². The minimum Gasteiger partial charge on any atom is -0.368 e. The van der Waals surface area contributed by atoms with Crippen LogP contribution in [0.5, 0.6) is 0 Å². The molecule has 0 bridgehead atoms. The van der Waals surface area contributed by atoms with Crippen molar-refractivity contribution in [1.82, 2.24) is 29.4 Å². The number of benzene rings is 1. The van der Waals surface area contributed by atoms with Gasteiger partial charge in [-0.3, -0.25) is 9.48 Å². The minimum absolute atomic E-state index is 0.204. The van der Waals surface area contributed by atoms with Gasteiger partial charge in [-0.25, -0.2) is 9.67 Å². The molecule has 156 valence electrons. The average molecular weight is 406 g/mol. The lowest BCUT2D eigenvalue weighted by Gasteiger charge is -2.43. The third-order valence-electron chi connectivity index (χ3n) is 6.16. The topological polar surface area (TPSA) is 78.1 Å². The summed E-state index contributed by atoms with van der Waals surface area (Å²) in [6, 6.07) is 10.2. The van der Waals surface area contributed by atoms with Crippen molar-refractivity contribution in [3.8, 4) is 5.69 Å². The zero-order valence-corrected chi connectivity index (χ0v) is 17.0. The summed E-state index contributed by atoms with van der Waals surface area (Å²) in [6.07, 6.45) is 9.10. The highest BCUT2D eigenvalue weighted by Crippen LogP contribution is 2.41. The van der Waals surface area contributed by atoms with Gasteiger partial charge in [0.15, 0.2) is 0 Å². The number of amides is 1. The summed E-state index contributed by atoms with van der Waals surface area (Å²) in [5.41, 5.74) is 3.00. The van der Waals surface area contributed by atoms with Gasteiger partial charge in [0.2, 0.25) is 5.91 Å². The Morgan fingerprint density at radius 2 is 2.00 bits per heavy atom. The molecule has 1 fully saturated rings. The lowest BCUT2D eigenvalue weighted by Crippen LogP contribution is -2.48. The van der Waals surface area contributed by atoms with Gasteiger partial charge in [-0.1, -0.05) is 18.2 Å². The number of rotatable bonds is 5. The van der Waals surface area contributed by atoms with E-state index in [1.807, 2.05) is 27.8 Å². The number of aromatic nitrogens is 5. The maximum Gasteiger partial charge on any atom is 0.222 e. The van der Waals surface area contributed by atoms with E-state index in [-0.39, 0.29) is 11.5 Å². The Kier molecular flexibility index (Phi) is 5.08. The lowest BCUT2D eigenvalue weighted by molar-refractivity contribution is -0.141. The Morgan fingerprint density at radius 1 is 1.17 bits per heavy atom. The van der Waals surface area contributed by atoms with Gasteiger partial charge in [-0.2, -0.15) is 10.2 Å². The van der Waals surface area contributed by atoms with Crippen molar-refractivity contribution >= 4 is 5.91 Å². The summed E-state index contributed by atoms with van der Waals surface area (Å²) < 4.78 is 10.0. The summed E-state index contributed by atoms with van der Waals surface area (Å²) in [5, 5.41) is 9.00. The fourth-order valence-corrected chi connectivity index (χ4v) is 4.51. The molecule has 5 rings (SSSR count). The lowest BCUT2D eigenvalue weighted by atomic mass is 9.83. The van der Waals surface area contributed by atoms with Crippen molar-refractivity contribution in [1.29, 1.82) is 0 Å². The molecule has 2 aliphatic rings. The third-order valence-corrected chi connectivity index (χ3v) is 6.16. The zero-order chi connectivity index (χ0) is 20.4. The maximum absolute atomic E-state index is 12.7. The summed E-state index contributed by atoms with van der Waals surface area (Å²) in [4.78, 5) is 18.6. The van der Waals surface area contributed by atoms with Crippen LogP contribution in [0.25, 0.3) is 5.69 Å². The number of carbonyl (C=O) groups is 1. The highest BCUT2D eigenvalue weighted by molar-refractivity contribution is 5.76. The van der Waals surface area contributed by atoms with Crippen LogP contribution in [0, 0.1) is 0 Å². The van der Waals surface area contributed by atoms with Gasteiger partial charge >= 0.3 is 0 Å². The minimum atomic E-state index is -0.370. The molecule has 0 aliphatic carbocycles. The molecule has 0 radical (unpaired) electrons. The Labute approximate surface area is 175 Å². The van der Waals surface area contributed by atoms with E-state index in [0.29, 0.717) is 32.7 Å². The molecule has 8 heteroatoms. The molecule has 1 saturated heterocycles. The van der Waals surface area contributed by atoms with Crippen molar-refractivity contribution in [2.75, 3.05) is 19.7 Å². The maximum atomic E-state index is 12.7. The van der Waals surface area contributed by atoms with Crippen LogP contribution in [0.3, 0.4) is 0 Å². The molecule has 2 aliphatic heterocycles. The van der Waals surface area contributed by atoms with Crippen molar-refractivity contribution in [2.24, 2.45) is 0 Å². The van der Waals surface area contributed by atoms with E-state index in [9.17, 15) is 4.79 Å². The smallest absolute Gasteiger partial charge is 0.222 e. The molecule has 1 amide bonds. The van der Waals surface area contributed by atoms with Crippen molar-refractivity contribution in [3.63, 3.8) is 0 Å². The van der Waals surface area contributed by atoms with E-state index in [4.69, 9.17) is 9.84 Å². The predicted octanol–water partition coefficient (Wildman–Crippen LogP) is 2.33. The first-order chi connectivity index (χ1) is 14.7. The largest absolute Gasteiger partial charge is 0.368 e. The number of piperidine rings is 1. The van der Waals surface area contributed by atoms with E-state index in [2.05, 4.69) is 28.4 Å². The molecular weight excluding hydrogens is 380 g/mol. The highest BCUT2D eigenvalue weighted by atomic mass is 16.5. The van der Waals surface area contributed by atoms with Crippen molar-refractivity contribution in [2.45, 2.75) is 44.2 Å². The summed E-state index contributed by atoms with van der Waals surface area (Å²) in [5.74, 6) is 0.204. The highest BCUT2D eigenvalue weighted by Gasteiger charge is 2.44. The van der Waals surface area contributed by atoms with Crippen LogP contribution in [-0.4, -0.2) is 55.0 Å². The molecular formula is C22H26N6O2. The first-order valence-corrected chi connectivity index (χ1v) is 10.6. The molecule has 0 saturated carbocycles. The second-order valence-corrected chi connectivity index (χ2v) is 8.02. The van der Waals surface area contributed by atoms with Gasteiger partial charge in [0.05, 0.1) is 18.0 Å². The van der Waals surface area contributed by atoms with E-state index in [1.165, 1.54) is 11.9 Å². The number of aryl methyl sites for hydroxylation is 1. The second-order valence-electron chi connectivity index (χ2n) is 8.02. The fourth-order valence-electron chi connectivity index (χ4n) is 4.51. The quantitative estimate of drug-likeness (QED) is 0.650. The summed E-state index contributed by atoms with van der Waals surface area (Å²) in [6.45, 7) is 2.84. The first-order valence-electron chi connectivity index (χ1n) is 10.6. The van der Waals surface area contributed by atoms with Crippen molar-refractivity contribution in [3.05, 3.63) is 60.4 Å². The zero-order valence-electron chi connectivity index (χ0n) is 17.0. The molecule has 3 aromatic rings. The molecule has 30 heavy (non-hydrogen) atoms. The van der Waals surface area contributed by atoms with Gasteiger partial charge in [0.25, 0.3) is 0 Å². The van der Waals surface area contributed by atoms with Crippen LogP contribution in [0.1, 0.15) is 36.9 Å². The monoisotopic (exact) mass is 406 g/mol. The number of likely N-dealkylation sites (tertiary alicyclic amines) is 1. The van der Waals surface area contributed by atoms with Crippen LogP contribution in [0.4, 0.5) is 0 Å². The number of ether oxygens (including phenoxy) is 1. The van der Waals surface area contributed by atoms with Gasteiger partial charge < -0.3 is 9.64 Å². The van der Waals surface area contributed by atoms with E-state index < -0.39 is 0 Å². The second kappa shape index (κ2) is 8.02. The van der Waals surface area contributed by atoms with E-state index in [1.54, 1.807) is 11.0 Å². The number of hydrogen-bond donors (Lipinski definition) is 0. The number of hydrogen-bond acceptors (Lipinski definition) is 5. The molecule has 1 aromatic carbocycles. The fraction of sp³-hybridized carbons (Fsp3) is 0.455. The van der Waals surface area contributed by atoms with E-state index in [0.717, 1.165) is 37.1 Å². The third kappa shape index (κ3) is 3.63. The SMILES string of the molecule is O=C(CCCn1cncn1)N1CCC2(CC1)OCCc1cn(-c3ccccc3)nc12. The average Bonchev–Trinajstić information content (AvgIpc) is 3.46. The predicted molar refractivity (Wildman–Crippen MR) is 110 cm³/mol.